The molecule has 0 aliphatic carbocycles. The smallest absolute Gasteiger partial charge is 0.273 e. The first-order valence-corrected chi connectivity index (χ1v) is 11.9. The molecule has 3 rings (SSSR count). The Bertz CT molecular complexity index is 1380. The van der Waals surface area contributed by atoms with E-state index in [0.717, 1.165) is 24.2 Å². The Morgan fingerprint density at radius 1 is 1.26 bits per heavy atom. The highest BCUT2D eigenvalue weighted by Crippen LogP contribution is 2.19. The van der Waals surface area contributed by atoms with Gasteiger partial charge in [-0.3, -0.25) is 14.2 Å². The van der Waals surface area contributed by atoms with Gasteiger partial charge in [-0.05, 0) is 55.8 Å². The van der Waals surface area contributed by atoms with Crippen LogP contribution in [0.5, 0.6) is 5.75 Å². The number of halogens is 2. The van der Waals surface area contributed by atoms with Gasteiger partial charge in [-0.25, -0.2) is 4.39 Å². The summed E-state index contributed by atoms with van der Waals surface area (Å²) in [7, 11) is 0. The number of amides is 1. The van der Waals surface area contributed by atoms with Crippen LogP contribution in [0.1, 0.15) is 32.3 Å². The van der Waals surface area contributed by atoms with Crippen molar-refractivity contribution in [2.45, 2.75) is 26.7 Å². The van der Waals surface area contributed by atoms with Gasteiger partial charge in [0.1, 0.15) is 22.3 Å². The number of unbranched alkanes of at least 4 members (excludes halogenated alkanes) is 1. The first kappa shape index (κ1) is 25.2. The van der Waals surface area contributed by atoms with Crippen molar-refractivity contribution in [2.75, 3.05) is 13.2 Å². The summed E-state index contributed by atoms with van der Waals surface area (Å²) in [5, 5.41) is 12.7. The second-order valence-electron chi connectivity index (χ2n) is 7.21. The summed E-state index contributed by atoms with van der Waals surface area (Å²) in [6.45, 7) is 4.73. The lowest BCUT2D eigenvalue weighted by Crippen LogP contribution is -2.34. The summed E-state index contributed by atoms with van der Waals surface area (Å²) < 4.78 is 21.4. The van der Waals surface area contributed by atoms with Crippen LogP contribution < -0.4 is 24.8 Å². The minimum atomic E-state index is -0.587. The van der Waals surface area contributed by atoms with Gasteiger partial charge in [0.15, 0.2) is 5.57 Å². The molecule has 0 bridgehead atoms. The average molecular weight is 500 g/mol. The molecule has 1 amide bonds. The number of ether oxygens (including phenoxy) is 1. The molecule has 34 heavy (non-hydrogen) atoms. The summed E-state index contributed by atoms with van der Waals surface area (Å²) in [5.41, 5.74) is -0.212. The number of carbonyl (C=O) groups excluding carboxylic acids is 1. The fourth-order valence-corrected chi connectivity index (χ4v) is 4.49. The number of nitriles is 1. The van der Waals surface area contributed by atoms with E-state index < -0.39 is 17.3 Å². The molecule has 1 N–H and O–H groups in total. The van der Waals surface area contributed by atoms with E-state index in [2.05, 4.69) is 5.32 Å². The van der Waals surface area contributed by atoms with Gasteiger partial charge in [-0.2, -0.15) is 5.26 Å². The lowest BCUT2D eigenvalue weighted by atomic mass is 10.2. The van der Waals surface area contributed by atoms with Crippen LogP contribution in [0, 0.1) is 17.1 Å². The Kier molecular flexibility index (Phi) is 8.63. The standard InChI is InChI=1S/C25H23ClFN3O3S/c1-3-5-13-29-23(31)19(15-28)25-30(16-9-11-17(12-10-16)33-4-2)24(32)22(34-25)14-18-20(26)7-6-8-21(18)27/h6-12,14H,3-5,13H2,1-2H3,(H,29,31)/b22-14-,25-19-. The quantitative estimate of drug-likeness (QED) is 0.481. The van der Waals surface area contributed by atoms with Crippen molar-refractivity contribution in [3.8, 4) is 17.5 Å². The average Bonchev–Trinajstić information content (AvgIpc) is 3.13. The van der Waals surface area contributed by atoms with Crippen LogP contribution in [0.3, 0.4) is 0 Å². The largest absolute Gasteiger partial charge is 0.494 e. The maximum atomic E-state index is 14.4. The second-order valence-corrected chi connectivity index (χ2v) is 8.65. The molecule has 3 aromatic rings. The zero-order valence-corrected chi connectivity index (χ0v) is 20.3. The highest BCUT2D eigenvalue weighted by atomic mass is 35.5. The SMILES string of the molecule is CCCCNC(=O)/C(C#N)=c1\s/c(=C\c2c(F)cccc2Cl)c(=O)n1-c1ccc(OCC)cc1. The number of aromatic nitrogens is 1. The van der Waals surface area contributed by atoms with Gasteiger partial charge >= 0.3 is 0 Å². The van der Waals surface area contributed by atoms with Gasteiger partial charge in [0.05, 0.1) is 21.8 Å². The van der Waals surface area contributed by atoms with Crippen LogP contribution in [-0.4, -0.2) is 23.6 Å². The van der Waals surface area contributed by atoms with Crippen LogP contribution in [-0.2, 0) is 4.79 Å². The third-order valence-electron chi connectivity index (χ3n) is 4.87. The minimum absolute atomic E-state index is 0.0545. The lowest BCUT2D eigenvalue weighted by Gasteiger charge is -2.07. The van der Waals surface area contributed by atoms with Crippen molar-refractivity contribution >= 4 is 40.5 Å². The third kappa shape index (κ3) is 5.56. The molecule has 176 valence electrons. The maximum absolute atomic E-state index is 14.4. The summed E-state index contributed by atoms with van der Waals surface area (Å²) in [6.07, 6.45) is 2.97. The molecule has 0 saturated heterocycles. The first-order chi connectivity index (χ1) is 16.4. The number of carbonyl (C=O) groups is 1. The molecule has 0 atom stereocenters. The predicted molar refractivity (Wildman–Crippen MR) is 132 cm³/mol. The summed E-state index contributed by atoms with van der Waals surface area (Å²) in [5.74, 6) is -0.550. The number of thiazole rings is 1. The van der Waals surface area contributed by atoms with Crippen molar-refractivity contribution in [1.82, 2.24) is 9.88 Å². The second kappa shape index (κ2) is 11.6. The van der Waals surface area contributed by atoms with Gasteiger partial charge in [0.2, 0.25) is 0 Å². The molecule has 2 aromatic carbocycles. The molecule has 1 heterocycles. The molecule has 6 nitrogen and oxygen atoms in total. The van der Waals surface area contributed by atoms with Gasteiger partial charge in [-0.1, -0.05) is 31.0 Å². The molecule has 0 spiro atoms. The van der Waals surface area contributed by atoms with E-state index in [1.807, 2.05) is 19.9 Å². The topological polar surface area (TPSA) is 84.1 Å². The van der Waals surface area contributed by atoms with Crippen molar-refractivity contribution < 1.29 is 13.9 Å². The van der Waals surface area contributed by atoms with E-state index in [4.69, 9.17) is 16.3 Å². The summed E-state index contributed by atoms with van der Waals surface area (Å²) in [4.78, 5) is 26.2. The van der Waals surface area contributed by atoms with E-state index in [0.29, 0.717) is 24.6 Å². The number of rotatable bonds is 8. The van der Waals surface area contributed by atoms with Crippen LogP contribution in [0.25, 0.3) is 17.3 Å². The Balaban J connectivity index is 2.30. The Hall–Kier alpha value is -3.41. The van der Waals surface area contributed by atoms with Crippen molar-refractivity contribution in [3.63, 3.8) is 0 Å². The van der Waals surface area contributed by atoms with E-state index in [1.54, 1.807) is 24.3 Å². The Labute approximate surface area is 205 Å². The molecule has 9 heteroatoms. The monoisotopic (exact) mass is 499 g/mol. The van der Waals surface area contributed by atoms with Crippen LogP contribution in [0.2, 0.25) is 5.02 Å². The Morgan fingerprint density at radius 3 is 2.62 bits per heavy atom. The normalized spacial score (nSPS) is 12.3. The number of benzene rings is 2. The van der Waals surface area contributed by atoms with E-state index in [1.165, 1.54) is 28.8 Å². The number of hydrogen-bond acceptors (Lipinski definition) is 5. The zero-order valence-electron chi connectivity index (χ0n) is 18.7. The van der Waals surface area contributed by atoms with E-state index in [9.17, 15) is 19.2 Å². The predicted octanol–water partition coefficient (Wildman–Crippen LogP) is 3.51. The minimum Gasteiger partial charge on any atom is -0.494 e. The van der Waals surface area contributed by atoms with E-state index >= 15 is 0 Å². The fraction of sp³-hybridized carbons (Fsp3) is 0.240. The molecule has 0 radical (unpaired) electrons. The summed E-state index contributed by atoms with van der Waals surface area (Å²) >= 11 is 7.07. The fourth-order valence-electron chi connectivity index (χ4n) is 3.19. The van der Waals surface area contributed by atoms with Crippen LogP contribution in [0.15, 0.2) is 47.3 Å². The molecule has 0 fully saturated rings. The van der Waals surface area contributed by atoms with Crippen molar-refractivity contribution in [1.29, 1.82) is 5.26 Å². The summed E-state index contributed by atoms with van der Waals surface area (Å²) in [6, 6.07) is 12.9. The lowest BCUT2D eigenvalue weighted by molar-refractivity contribution is -0.115. The highest BCUT2D eigenvalue weighted by molar-refractivity contribution is 7.07. The van der Waals surface area contributed by atoms with Gasteiger partial charge in [-0.15, -0.1) is 11.3 Å². The van der Waals surface area contributed by atoms with Crippen LogP contribution in [0.4, 0.5) is 4.39 Å². The van der Waals surface area contributed by atoms with Crippen molar-refractivity contribution in [2.24, 2.45) is 0 Å². The molecule has 0 unspecified atom stereocenters. The third-order valence-corrected chi connectivity index (χ3v) is 6.30. The van der Waals surface area contributed by atoms with Crippen molar-refractivity contribution in [3.05, 3.63) is 78.4 Å². The van der Waals surface area contributed by atoms with E-state index in [-0.39, 0.29) is 25.4 Å². The number of nitrogens with one attached hydrogen (secondary N) is 1. The van der Waals surface area contributed by atoms with Gasteiger partial charge < -0.3 is 10.1 Å². The zero-order chi connectivity index (χ0) is 24.7. The number of hydrogen-bond donors (Lipinski definition) is 1. The molecular weight excluding hydrogens is 477 g/mol. The molecule has 1 aromatic heterocycles. The highest BCUT2D eigenvalue weighted by Gasteiger charge is 2.17. The Morgan fingerprint density at radius 2 is 2.00 bits per heavy atom. The maximum Gasteiger partial charge on any atom is 0.273 e. The van der Waals surface area contributed by atoms with Gasteiger partial charge in [0, 0.05) is 12.1 Å². The van der Waals surface area contributed by atoms with Gasteiger partial charge in [0.25, 0.3) is 11.5 Å². The van der Waals surface area contributed by atoms with Crippen LogP contribution >= 0.6 is 22.9 Å². The molecular formula is C25H23ClFN3O3S. The molecule has 0 aliphatic heterocycles. The molecule has 0 saturated carbocycles. The molecule has 0 aliphatic rings. The number of nitrogens with zero attached hydrogens (tertiary/aromatic N) is 2. The first-order valence-electron chi connectivity index (χ1n) is 10.7.